The number of nitrogens with zero attached hydrogens (tertiary/aromatic N) is 3. The largest absolute Gasteiger partial charge is 0.724 e. The highest BCUT2D eigenvalue weighted by Crippen LogP contribution is 2.32. The smallest absolute Gasteiger partial charge is 0.346 e. The third-order valence-corrected chi connectivity index (χ3v) is 3.50. The normalized spacial score (nSPS) is 22.1. The number of hydroxylamine groups is 2. The minimum absolute atomic E-state index is 0.261. The second-order valence-electron chi connectivity index (χ2n) is 4.39. The summed E-state index contributed by atoms with van der Waals surface area (Å²) in [6.07, 6.45) is 3.37. The first-order chi connectivity index (χ1) is 9.46. The van der Waals surface area contributed by atoms with E-state index in [2.05, 4.69) is 9.27 Å². The van der Waals surface area contributed by atoms with Gasteiger partial charge in [0.05, 0.1) is 12.2 Å². The van der Waals surface area contributed by atoms with Crippen LogP contribution in [0, 0.1) is 0 Å². The standard InChI is InChI=1S/C11H11N3O5S/c15-11-13-6-4-8(9-3-1-2-5-12-9)10(7-13)14(11)19-20(16,17)18/h1-5,10H,6-7H2,(H,16,17,18)/p-1. The summed E-state index contributed by atoms with van der Waals surface area (Å²) in [6.45, 7) is 0.580. The fourth-order valence-electron chi connectivity index (χ4n) is 2.35. The highest BCUT2D eigenvalue weighted by Gasteiger charge is 2.44. The fraction of sp³-hybridized carbons (Fsp3) is 0.273. The van der Waals surface area contributed by atoms with Gasteiger partial charge in [0, 0.05) is 18.3 Å². The van der Waals surface area contributed by atoms with Crippen molar-refractivity contribution in [2.45, 2.75) is 6.04 Å². The van der Waals surface area contributed by atoms with E-state index in [0.717, 1.165) is 0 Å². The van der Waals surface area contributed by atoms with Crippen LogP contribution >= 0.6 is 0 Å². The van der Waals surface area contributed by atoms with Crippen molar-refractivity contribution in [1.29, 1.82) is 0 Å². The predicted octanol–water partition coefficient (Wildman–Crippen LogP) is -0.0234. The molecular weight excluding hydrogens is 286 g/mol. The van der Waals surface area contributed by atoms with Crippen molar-refractivity contribution < 1.29 is 22.0 Å². The van der Waals surface area contributed by atoms with Gasteiger partial charge in [-0.1, -0.05) is 12.1 Å². The molecule has 2 bridgehead atoms. The molecule has 8 nitrogen and oxygen atoms in total. The molecule has 2 aliphatic heterocycles. The summed E-state index contributed by atoms with van der Waals surface area (Å²) in [5, 5.41) is 0.607. The lowest BCUT2D eigenvalue weighted by Gasteiger charge is -2.24. The number of hydrogen-bond acceptors (Lipinski definition) is 6. The highest BCUT2D eigenvalue weighted by atomic mass is 32.3. The Bertz CT molecular complexity index is 673. The number of pyridine rings is 1. The molecule has 1 aromatic heterocycles. The molecule has 1 saturated heterocycles. The van der Waals surface area contributed by atoms with E-state index >= 15 is 0 Å². The van der Waals surface area contributed by atoms with Gasteiger partial charge in [0.25, 0.3) is 0 Å². The third kappa shape index (κ3) is 2.26. The van der Waals surface area contributed by atoms with Crippen LogP contribution in [0.2, 0.25) is 0 Å². The number of aromatic nitrogens is 1. The lowest BCUT2D eigenvalue weighted by Crippen LogP contribution is -2.36. The molecule has 3 rings (SSSR count). The summed E-state index contributed by atoms with van der Waals surface area (Å²) in [6, 6.07) is 3.97. The number of hydrogen-bond donors (Lipinski definition) is 0. The number of rotatable bonds is 3. The molecule has 0 aromatic carbocycles. The van der Waals surface area contributed by atoms with Crippen molar-refractivity contribution in [2.75, 3.05) is 13.1 Å². The maximum Gasteiger partial charge on any atom is 0.346 e. The monoisotopic (exact) mass is 296 g/mol. The second-order valence-corrected chi connectivity index (χ2v) is 5.35. The minimum atomic E-state index is -5.00. The zero-order chi connectivity index (χ0) is 14.3. The first-order valence-corrected chi connectivity index (χ1v) is 7.14. The minimum Gasteiger partial charge on any atom is -0.724 e. The number of fused-ring (bicyclic) bond motifs is 2. The Labute approximate surface area is 115 Å². The van der Waals surface area contributed by atoms with Gasteiger partial charge in [-0.2, -0.15) is 9.35 Å². The topological polar surface area (TPSA) is 103 Å². The van der Waals surface area contributed by atoms with Crippen LogP contribution in [0.15, 0.2) is 30.5 Å². The van der Waals surface area contributed by atoms with E-state index in [0.29, 0.717) is 22.9 Å². The Morgan fingerprint density at radius 1 is 1.40 bits per heavy atom. The Morgan fingerprint density at radius 2 is 2.20 bits per heavy atom. The number of carbonyl (C=O) groups excluding carboxylic acids is 1. The van der Waals surface area contributed by atoms with Crippen molar-refractivity contribution in [1.82, 2.24) is 14.9 Å². The van der Waals surface area contributed by atoms with E-state index in [4.69, 9.17) is 0 Å². The molecule has 106 valence electrons. The molecule has 3 heterocycles. The summed E-state index contributed by atoms with van der Waals surface area (Å²) in [4.78, 5) is 17.5. The summed E-state index contributed by atoms with van der Waals surface area (Å²) in [5.74, 6) is 0. The van der Waals surface area contributed by atoms with Gasteiger partial charge in [0.15, 0.2) is 0 Å². The SMILES string of the molecule is O=C1N2CC=C(c3ccccn3)C(C2)N1OS(=O)(=O)[O-]. The molecular formula is C11H10N3O5S-. The molecule has 1 aromatic rings. The Hall–Kier alpha value is -1.97. The summed E-state index contributed by atoms with van der Waals surface area (Å²) in [7, 11) is -5.00. The zero-order valence-electron chi connectivity index (χ0n) is 10.2. The quantitative estimate of drug-likeness (QED) is 0.573. The Morgan fingerprint density at radius 3 is 2.85 bits per heavy atom. The van der Waals surface area contributed by atoms with Crippen LogP contribution in [0.1, 0.15) is 5.69 Å². The Kier molecular flexibility index (Phi) is 2.96. The van der Waals surface area contributed by atoms with Crippen molar-refractivity contribution >= 4 is 22.0 Å². The molecule has 0 radical (unpaired) electrons. The second kappa shape index (κ2) is 4.54. The van der Waals surface area contributed by atoms with E-state index < -0.39 is 22.5 Å². The third-order valence-electron chi connectivity index (χ3n) is 3.16. The van der Waals surface area contributed by atoms with Gasteiger partial charge in [-0.15, -0.1) is 0 Å². The maximum absolute atomic E-state index is 11.9. The van der Waals surface area contributed by atoms with Gasteiger partial charge in [0.2, 0.25) is 10.4 Å². The molecule has 0 saturated carbocycles. The molecule has 0 N–H and O–H groups in total. The van der Waals surface area contributed by atoms with Crippen LogP contribution in [-0.4, -0.2) is 53.1 Å². The van der Waals surface area contributed by atoms with E-state index in [-0.39, 0.29) is 6.54 Å². The van der Waals surface area contributed by atoms with Gasteiger partial charge in [-0.25, -0.2) is 13.2 Å². The first-order valence-electron chi connectivity index (χ1n) is 5.81. The molecule has 1 atom stereocenters. The van der Waals surface area contributed by atoms with E-state index in [1.807, 2.05) is 0 Å². The zero-order valence-corrected chi connectivity index (χ0v) is 11.0. The molecule has 20 heavy (non-hydrogen) atoms. The lowest BCUT2D eigenvalue weighted by molar-refractivity contribution is -0.0172. The summed E-state index contributed by atoms with van der Waals surface area (Å²) >= 11 is 0. The number of urea groups is 1. The molecule has 0 spiro atoms. The highest BCUT2D eigenvalue weighted by molar-refractivity contribution is 7.80. The van der Waals surface area contributed by atoms with E-state index in [9.17, 15) is 17.8 Å². The molecule has 2 amide bonds. The number of amides is 2. The van der Waals surface area contributed by atoms with Crippen LogP contribution in [-0.2, 0) is 14.7 Å². The van der Waals surface area contributed by atoms with Crippen molar-refractivity contribution in [3.05, 3.63) is 36.2 Å². The van der Waals surface area contributed by atoms with Gasteiger partial charge in [-0.3, -0.25) is 4.98 Å². The Balaban J connectivity index is 1.96. The average Bonchev–Trinajstić information content (AvgIpc) is 2.64. The summed E-state index contributed by atoms with van der Waals surface area (Å²) in [5.41, 5.74) is 1.28. The van der Waals surface area contributed by atoms with E-state index in [1.165, 1.54) is 4.90 Å². The first kappa shape index (κ1) is 13.0. The predicted molar refractivity (Wildman–Crippen MR) is 65.6 cm³/mol. The molecule has 1 fully saturated rings. The van der Waals surface area contributed by atoms with Crippen LogP contribution < -0.4 is 0 Å². The van der Waals surface area contributed by atoms with Crippen LogP contribution in [0.3, 0.4) is 0 Å². The van der Waals surface area contributed by atoms with Crippen LogP contribution in [0.5, 0.6) is 0 Å². The van der Waals surface area contributed by atoms with Gasteiger partial charge in [-0.05, 0) is 12.1 Å². The lowest BCUT2D eigenvalue weighted by atomic mass is 10.0. The molecule has 0 aliphatic carbocycles. The molecule has 9 heteroatoms. The summed E-state index contributed by atoms with van der Waals surface area (Å²) < 4.78 is 36.5. The van der Waals surface area contributed by atoms with Gasteiger partial charge < -0.3 is 9.45 Å². The molecule has 2 aliphatic rings. The van der Waals surface area contributed by atoms with Gasteiger partial charge >= 0.3 is 6.03 Å². The number of carbonyl (C=O) groups is 1. The van der Waals surface area contributed by atoms with Crippen LogP contribution in [0.25, 0.3) is 5.57 Å². The van der Waals surface area contributed by atoms with Gasteiger partial charge in [0.1, 0.15) is 6.04 Å². The fourth-order valence-corrected chi connectivity index (χ4v) is 2.71. The maximum atomic E-state index is 11.9. The van der Waals surface area contributed by atoms with Crippen molar-refractivity contribution in [2.24, 2.45) is 0 Å². The average molecular weight is 296 g/mol. The van der Waals surface area contributed by atoms with Crippen molar-refractivity contribution in [3.63, 3.8) is 0 Å². The molecule has 1 unspecified atom stereocenters. The van der Waals surface area contributed by atoms with E-state index in [1.54, 1.807) is 30.5 Å². The van der Waals surface area contributed by atoms with Crippen LogP contribution in [0.4, 0.5) is 4.79 Å². The van der Waals surface area contributed by atoms with Crippen molar-refractivity contribution in [3.8, 4) is 0 Å².